The zero-order valence-corrected chi connectivity index (χ0v) is 12.4. The highest BCUT2D eigenvalue weighted by Gasteiger charge is 2.20. The minimum absolute atomic E-state index is 0.0823. The molecule has 7 heteroatoms. The molecule has 0 aliphatic rings. The number of aliphatic hydroxyl groups excluding tert-OH is 1. The first kappa shape index (κ1) is 15.9. The maximum absolute atomic E-state index is 13.7. The molecule has 0 spiro atoms. The largest absolute Gasteiger partial charge is 0.386 e. The van der Waals surface area contributed by atoms with Gasteiger partial charge in [0, 0.05) is 35.9 Å². The van der Waals surface area contributed by atoms with E-state index in [4.69, 9.17) is 0 Å². The Morgan fingerprint density at radius 2 is 2.08 bits per heavy atom. The van der Waals surface area contributed by atoms with Gasteiger partial charge in [-0.15, -0.1) is 0 Å². The van der Waals surface area contributed by atoms with Crippen LogP contribution in [0.2, 0.25) is 0 Å². The SMILES string of the molecule is O=C(c1cccnc1)c1nccn1CC(O)c1cc(F)ccc1F. The van der Waals surface area contributed by atoms with E-state index in [2.05, 4.69) is 9.97 Å². The Bertz CT molecular complexity index is 865. The molecule has 0 fully saturated rings. The predicted molar refractivity (Wildman–Crippen MR) is 81.2 cm³/mol. The summed E-state index contributed by atoms with van der Waals surface area (Å²) in [7, 11) is 0. The molecule has 1 atom stereocenters. The number of ketones is 1. The van der Waals surface area contributed by atoms with Gasteiger partial charge >= 0.3 is 0 Å². The molecular formula is C17H13F2N3O2. The van der Waals surface area contributed by atoms with Gasteiger partial charge in [-0.1, -0.05) is 0 Å². The second-order valence-corrected chi connectivity index (χ2v) is 5.16. The lowest BCUT2D eigenvalue weighted by atomic mass is 10.1. The molecule has 2 aromatic heterocycles. The third kappa shape index (κ3) is 3.21. The number of carbonyl (C=O) groups is 1. The van der Waals surface area contributed by atoms with Crippen LogP contribution in [0.4, 0.5) is 8.78 Å². The molecule has 0 amide bonds. The fourth-order valence-corrected chi connectivity index (χ4v) is 2.35. The van der Waals surface area contributed by atoms with E-state index >= 15 is 0 Å². The van der Waals surface area contributed by atoms with Crippen molar-refractivity contribution in [2.75, 3.05) is 0 Å². The second kappa shape index (κ2) is 6.67. The minimum Gasteiger partial charge on any atom is -0.386 e. The minimum atomic E-state index is -1.32. The number of imidazole rings is 1. The fourth-order valence-electron chi connectivity index (χ4n) is 2.35. The molecule has 3 rings (SSSR count). The van der Waals surface area contributed by atoms with Crippen LogP contribution in [0, 0.1) is 11.6 Å². The van der Waals surface area contributed by atoms with Crippen LogP contribution >= 0.6 is 0 Å². The first-order valence-electron chi connectivity index (χ1n) is 7.15. The zero-order valence-electron chi connectivity index (χ0n) is 12.4. The Morgan fingerprint density at radius 1 is 1.25 bits per heavy atom. The molecule has 0 saturated carbocycles. The monoisotopic (exact) mass is 329 g/mol. The number of aromatic nitrogens is 3. The molecule has 1 aromatic carbocycles. The van der Waals surface area contributed by atoms with E-state index in [1.165, 1.54) is 23.2 Å². The smallest absolute Gasteiger partial charge is 0.229 e. The molecular weight excluding hydrogens is 316 g/mol. The van der Waals surface area contributed by atoms with Gasteiger partial charge in [0.2, 0.25) is 5.78 Å². The van der Waals surface area contributed by atoms with Crippen LogP contribution in [0.25, 0.3) is 0 Å². The number of aliphatic hydroxyl groups is 1. The van der Waals surface area contributed by atoms with Crippen LogP contribution in [-0.2, 0) is 6.54 Å². The summed E-state index contributed by atoms with van der Waals surface area (Å²) in [6.45, 7) is -0.137. The van der Waals surface area contributed by atoms with Crippen molar-refractivity contribution in [1.29, 1.82) is 0 Å². The lowest BCUT2D eigenvalue weighted by Crippen LogP contribution is -2.16. The molecule has 0 aliphatic carbocycles. The highest BCUT2D eigenvalue weighted by Crippen LogP contribution is 2.21. The highest BCUT2D eigenvalue weighted by molar-refractivity contribution is 6.06. The van der Waals surface area contributed by atoms with Crippen molar-refractivity contribution in [1.82, 2.24) is 14.5 Å². The standard InChI is InChI=1S/C17H13F2N3O2/c18-12-3-4-14(19)13(8-12)15(23)10-22-7-6-21-17(22)16(24)11-2-1-5-20-9-11/h1-9,15,23H,10H2. The molecule has 1 unspecified atom stereocenters. The maximum Gasteiger partial charge on any atom is 0.229 e. The van der Waals surface area contributed by atoms with Crippen molar-refractivity contribution >= 4 is 5.78 Å². The van der Waals surface area contributed by atoms with Crippen molar-refractivity contribution in [2.24, 2.45) is 0 Å². The van der Waals surface area contributed by atoms with Gasteiger partial charge in [0.1, 0.15) is 11.6 Å². The number of hydrogen-bond donors (Lipinski definition) is 1. The number of benzene rings is 1. The topological polar surface area (TPSA) is 68.0 Å². The van der Waals surface area contributed by atoms with Crippen molar-refractivity contribution in [2.45, 2.75) is 12.6 Å². The Balaban J connectivity index is 1.86. The van der Waals surface area contributed by atoms with Crippen LogP contribution in [0.15, 0.2) is 55.1 Å². The lowest BCUT2D eigenvalue weighted by molar-refractivity contribution is 0.101. The average Bonchev–Trinajstić information content (AvgIpc) is 3.05. The van der Waals surface area contributed by atoms with Gasteiger partial charge in [0.05, 0.1) is 12.6 Å². The fraction of sp³-hybridized carbons (Fsp3) is 0.118. The van der Waals surface area contributed by atoms with Crippen molar-refractivity contribution < 1.29 is 18.7 Å². The van der Waals surface area contributed by atoms with Crippen molar-refractivity contribution in [3.63, 3.8) is 0 Å². The number of nitrogens with zero attached hydrogens (tertiary/aromatic N) is 3. The Kier molecular flexibility index (Phi) is 4.43. The van der Waals surface area contributed by atoms with Crippen molar-refractivity contribution in [3.05, 3.63) is 83.7 Å². The van der Waals surface area contributed by atoms with E-state index in [0.29, 0.717) is 5.56 Å². The summed E-state index contributed by atoms with van der Waals surface area (Å²) < 4.78 is 28.4. The normalized spacial score (nSPS) is 12.1. The molecule has 0 saturated heterocycles. The summed E-state index contributed by atoms with van der Waals surface area (Å²) in [6, 6.07) is 6.07. The molecule has 0 aliphatic heterocycles. The first-order valence-corrected chi connectivity index (χ1v) is 7.15. The third-order valence-corrected chi connectivity index (χ3v) is 3.53. The van der Waals surface area contributed by atoms with Gasteiger partial charge in [-0.3, -0.25) is 9.78 Å². The molecule has 1 N–H and O–H groups in total. The summed E-state index contributed by atoms with van der Waals surface area (Å²) in [5.74, 6) is -1.66. The van der Waals surface area contributed by atoms with Crippen LogP contribution in [-0.4, -0.2) is 25.4 Å². The molecule has 5 nitrogen and oxygen atoms in total. The summed E-state index contributed by atoms with van der Waals surface area (Å²) in [5.41, 5.74) is 0.167. The van der Waals surface area contributed by atoms with E-state index in [-0.39, 0.29) is 23.7 Å². The van der Waals surface area contributed by atoms with Crippen LogP contribution in [0.3, 0.4) is 0 Å². The first-order chi connectivity index (χ1) is 11.6. The predicted octanol–water partition coefficient (Wildman–Crippen LogP) is 2.52. The summed E-state index contributed by atoms with van der Waals surface area (Å²) >= 11 is 0. The summed E-state index contributed by atoms with van der Waals surface area (Å²) in [4.78, 5) is 20.3. The molecule has 122 valence electrons. The van der Waals surface area contributed by atoms with Crippen LogP contribution < -0.4 is 0 Å². The van der Waals surface area contributed by atoms with E-state index in [1.54, 1.807) is 18.3 Å². The summed E-state index contributed by atoms with van der Waals surface area (Å²) in [5, 5.41) is 10.2. The van der Waals surface area contributed by atoms with Gasteiger partial charge < -0.3 is 9.67 Å². The van der Waals surface area contributed by atoms with Crippen molar-refractivity contribution in [3.8, 4) is 0 Å². The van der Waals surface area contributed by atoms with Gasteiger partial charge in [-0.25, -0.2) is 13.8 Å². The Hall–Kier alpha value is -2.93. The molecule has 24 heavy (non-hydrogen) atoms. The van der Waals surface area contributed by atoms with Gasteiger partial charge in [0.15, 0.2) is 5.82 Å². The number of carbonyl (C=O) groups excluding carboxylic acids is 1. The number of rotatable bonds is 5. The molecule has 2 heterocycles. The maximum atomic E-state index is 13.7. The quantitative estimate of drug-likeness (QED) is 0.731. The van der Waals surface area contributed by atoms with Crippen LogP contribution in [0.5, 0.6) is 0 Å². The highest BCUT2D eigenvalue weighted by atomic mass is 19.1. The zero-order chi connectivity index (χ0) is 17.1. The molecule has 3 aromatic rings. The van der Waals surface area contributed by atoms with Gasteiger partial charge in [-0.2, -0.15) is 0 Å². The average molecular weight is 329 g/mol. The number of halogens is 2. The summed E-state index contributed by atoms with van der Waals surface area (Å²) in [6.07, 6.45) is 4.52. The van der Waals surface area contributed by atoms with E-state index in [9.17, 15) is 18.7 Å². The Labute approximate surface area is 136 Å². The Morgan fingerprint density at radius 3 is 2.83 bits per heavy atom. The molecule has 0 radical (unpaired) electrons. The lowest BCUT2D eigenvalue weighted by Gasteiger charge is -2.14. The van der Waals surface area contributed by atoms with Gasteiger partial charge in [0.25, 0.3) is 0 Å². The number of hydrogen-bond acceptors (Lipinski definition) is 4. The second-order valence-electron chi connectivity index (χ2n) is 5.16. The van der Waals surface area contributed by atoms with Gasteiger partial charge in [-0.05, 0) is 30.3 Å². The van der Waals surface area contributed by atoms with E-state index in [1.807, 2.05) is 0 Å². The van der Waals surface area contributed by atoms with Crippen LogP contribution in [0.1, 0.15) is 27.8 Å². The van der Waals surface area contributed by atoms with E-state index in [0.717, 1.165) is 18.2 Å². The molecule has 0 bridgehead atoms. The third-order valence-electron chi connectivity index (χ3n) is 3.53. The van der Waals surface area contributed by atoms with E-state index < -0.39 is 17.7 Å². The number of pyridine rings is 1.